The highest BCUT2D eigenvalue weighted by Gasteiger charge is 2.14. The summed E-state index contributed by atoms with van der Waals surface area (Å²) in [5.41, 5.74) is 2.07. The summed E-state index contributed by atoms with van der Waals surface area (Å²) in [6.07, 6.45) is 2.33. The van der Waals surface area contributed by atoms with Crippen LogP contribution in [0.3, 0.4) is 0 Å². The summed E-state index contributed by atoms with van der Waals surface area (Å²) in [5.74, 6) is 0.0300. The maximum absolute atomic E-state index is 10.5. The molecule has 184 valence electrons. The van der Waals surface area contributed by atoms with E-state index in [0.29, 0.717) is 35.3 Å². The molecule has 0 aliphatic rings. The average molecular weight is 463 g/mol. The van der Waals surface area contributed by atoms with Gasteiger partial charge in [-0.2, -0.15) is 0 Å². The highest BCUT2D eigenvalue weighted by Crippen LogP contribution is 2.23. The second kappa shape index (κ2) is 14.1. The summed E-state index contributed by atoms with van der Waals surface area (Å²) in [6.45, 7) is 3.02. The van der Waals surface area contributed by atoms with Crippen LogP contribution in [0.1, 0.15) is 67.1 Å². The quantitative estimate of drug-likeness (QED) is 0.188. The van der Waals surface area contributed by atoms with E-state index in [1.807, 2.05) is 0 Å². The molecule has 3 unspecified atom stereocenters. The van der Waals surface area contributed by atoms with Crippen molar-refractivity contribution in [1.29, 1.82) is 0 Å². The largest absolute Gasteiger partial charge is 0.508 e. The van der Waals surface area contributed by atoms with E-state index in [1.165, 1.54) is 12.1 Å². The van der Waals surface area contributed by atoms with Gasteiger partial charge in [0.25, 0.3) is 0 Å². The average Bonchev–Trinajstić information content (AvgIpc) is 2.82. The number of hydrogen-bond donors (Lipinski definition) is 8. The van der Waals surface area contributed by atoms with Crippen molar-refractivity contribution < 1.29 is 30.6 Å². The molecule has 0 bridgehead atoms. The van der Waals surface area contributed by atoms with E-state index in [2.05, 4.69) is 17.6 Å². The standard InChI is InChI=1S/C25H38N2O6/c1-2-4-21(27-14-25(33)18-7-9-23(31)20(12-18)16-29)5-3-10-26-13-24(32)17-6-8-22(30)19(11-17)15-28/h6-9,11-12,21,24-33H,2-5,10,13-16H2,1H3. The third-order valence-corrected chi connectivity index (χ3v) is 5.80. The van der Waals surface area contributed by atoms with Crippen LogP contribution >= 0.6 is 0 Å². The van der Waals surface area contributed by atoms with Crippen LogP contribution in [-0.4, -0.2) is 56.3 Å². The van der Waals surface area contributed by atoms with Crippen molar-refractivity contribution in [3.63, 3.8) is 0 Å². The molecule has 0 saturated carbocycles. The van der Waals surface area contributed by atoms with Crippen LogP contribution in [0.4, 0.5) is 0 Å². The molecule has 2 aromatic carbocycles. The number of benzene rings is 2. The van der Waals surface area contributed by atoms with Crippen LogP contribution in [0.5, 0.6) is 11.5 Å². The molecular formula is C25H38N2O6. The van der Waals surface area contributed by atoms with Gasteiger partial charge < -0.3 is 41.3 Å². The fourth-order valence-electron chi connectivity index (χ4n) is 3.80. The summed E-state index contributed by atoms with van der Waals surface area (Å²) in [4.78, 5) is 0. The lowest BCUT2D eigenvalue weighted by Crippen LogP contribution is -2.33. The zero-order valence-corrected chi connectivity index (χ0v) is 19.2. The van der Waals surface area contributed by atoms with Gasteiger partial charge in [0.15, 0.2) is 0 Å². The predicted molar refractivity (Wildman–Crippen MR) is 127 cm³/mol. The van der Waals surface area contributed by atoms with E-state index >= 15 is 0 Å². The molecule has 2 aromatic rings. The van der Waals surface area contributed by atoms with Crippen molar-refractivity contribution in [3.8, 4) is 11.5 Å². The van der Waals surface area contributed by atoms with Crippen molar-refractivity contribution in [2.45, 2.75) is 64.1 Å². The lowest BCUT2D eigenvalue weighted by Gasteiger charge is -2.21. The molecule has 0 heterocycles. The van der Waals surface area contributed by atoms with Gasteiger partial charge in [0, 0.05) is 30.3 Å². The Morgan fingerprint density at radius 1 is 0.788 bits per heavy atom. The molecule has 0 fully saturated rings. The van der Waals surface area contributed by atoms with E-state index in [4.69, 9.17) is 0 Å². The van der Waals surface area contributed by atoms with Crippen LogP contribution in [0.15, 0.2) is 36.4 Å². The van der Waals surface area contributed by atoms with E-state index in [1.54, 1.807) is 24.3 Å². The number of aliphatic hydroxyl groups excluding tert-OH is 4. The number of aliphatic hydroxyl groups is 4. The summed E-state index contributed by atoms with van der Waals surface area (Å²) in [7, 11) is 0. The minimum Gasteiger partial charge on any atom is -0.508 e. The first-order valence-electron chi connectivity index (χ1n) is 11.5. The molecule has 33 heavy (non-hydrogen) atoms. The molecule has 0 amide bonds. The summed E-state index contributed by atoms with van der Waals surface area (Å²) in [5, 5.41) is 65.3. The van der Waals surface area contributed by atoms with Crippen molar-refractivity contribution in [3.05, 3.63) is 58.7 Å². The Hall–Kier alpha value is -2.20. The first-order valence-corrected chi connectivity index (χ1v) is 11.5. The van der Waals surface area contributed by atoms with Crippen molar-refractivity contribution in [2.24, 2.45) is 0 Å². The number of rotatable bonds is 15. The van der Waals surface area contributed by atoms with Gasteiger partial charge in [0.05, 0.1) is 25.4 Å². The molecule has 2 rings (SSSR count). The van der Waals surface area contributed by atoms with E-state index in [9.17, 15) is 30.6 Å². The molecular weight excluding hydrogens is 424 g/mol. The maximum Gasteiger partial charge on any atom is 0.121 e. The highest BCUT2D eigenvalue weighted by molar-refractivity contribution is 5.37. The molecule has 8 N–H and O–H groups in total. The summed E-state index contributed by atoms with van der Waals surface area (Å²) < 4.78 is 0. The topological polar surface area (TPSA) is 145 Å². The monoisotopic (exact) mass is 462 g/mol. The second-order valence-corrected chi connectivity index (χ2v) is 8.36. The number of phenols is 2. The Bertz CT molecular complexity index is 848. The van der Waals surface area contributed by atoms with Gasteiger partial charge in [-0.25, -0.2) is 0 Å². The molecule has 0 aliphatic carbocycles. The zero-order valence-electron chi connectivity index (χ0n) is 19.2. The lowest BCUT2D eigenvalue weighted by atomic mass is 10.0. The zero-order chi connectivity index (χ0) is 24.2. The molecule has 0 spiro atoms. The van der Waals surface area contributed by atoms with E-state index < -0.39 is 12.2 Å². The molecule has 8 heteroatoms. The van der Waals surface area contributed by atoms with Crippen LogP contribution in [0.25, 0.3) is 0 Å². The Labute approximate surface area is 195 Å². The van der Waals surface area contributed by atoms with Crippen molar-refractivity contribution in [1.82, 2.24) is 10.6 Å². The Balaban J connectivity index is 1.74. The number of hydrogen-bond acceptors (Lipinski definition) is 8. The molecule has 0 radical (unpaired) electrons. The van der Waals surface area contributed by atoms with Gasteiger partial charge >= 0.3 is 0 Å². The van der Waals surface area contributed by atoms with Crippen LogP contribution in [0.2, 0.25) is 0 Å². The molecule has 3 atom stereocenters. The summed E-state index contributed by atoms with van der Waals surface area (Å²) in [6, 6.07) is 9.72. The van der Waals surface area contributed by atoms with Gasteiger partial charge in [-0.15, -0.1) is 0 Å². The number of aromatic hydroxyl groups is 2. The first-order chi connectivity index (χ1) is 15.9. The van der Waals surface area contributed by atoms with Crippen LogP contribution in [-0.2, 0) is 13.2 Å². The molecule has 0 aromatic heterocycles. The number of nitrogens with one attached hydrogen (secondary N) is 2. The Morgan fingerprint density at radius 3 is 1.85 bits per heavy atom. The van der Waals surface area contributed by atoms with Gasteiger partial charge in [0.2, 0.25) is 0 Å². The smallest absolute Gasteiger partial charge is 0.121 e. The third-order valence-electron chi connectivity index (χ3n) is 5.80. The highest BCUT2D eigenvalue weighted by atomic mass is 16.3. The van der Waals surface area contributed by atoms with Gasteiger partial charge in [-0.05, 0) is 61.2 Å². The van der Waals surface area contributed by atoms with Crippen LogP contribution < -0.4 is 10.6 Å². The second-order valence-electron chi connectivity index (χ2n) is 8.36. The fourth-order valence-corrected chi connectivity index (χ4v) is 3.80. The van der Waals surface area contributed by atoms with Crippen LogP contribution in [0, 0.1) is 0 Å². The minimum absolute atomic E-state index is 0.0141. The third kappa shape index (κ3) is 8.58. The van der Waals surface area contributed by atoms with E-state index in [-0.39, 0.29) is 30.8 Å². The molecule has 8 nitrogen and oxygen atoms in total. The predicted octanol–water partition coefficient (Wildman–Crippen LogP) is 1.98. The SMILES string of the molecule is CCCC(CCCNCC(O)c1ccc(O)c(CO)c1)NCC(O)c1ccc(O)c(CO)c1. The van der Waals surface area contributed by atoms with E-state index in [0.717, 1.165) is 32.2 Å². The van der Waals surface area contributed by atoms with Crippen molar-refractivity contribution in [2.75, 3.05) is 19.6 Å². The molecule has 0 aliphatic heterocycles. The van der Waals surface area contributed by atoms with Gasteiger partial charge in [-0.3, -0.25) is 0 Å². The maximum atomic E-state index is 10.5. The normalized spacial score (nSPS) is 14.2. The molecule has 0 saturated heterocycles. The van der Waals surface area contributed by atoms with Crippen molar-refractivity contribution >= 4 is 0 Å². The Morgan fingerprint density at radius 2 is 1.33 bits per heavy atom. The fraction of sp³-hybridized carbons (Fsp3) is 0.520. The van der Waals surface area contributed by atoms with Gasteiger partial charge in [-0.1, -0.05) is 25.5 Å². The first kappa shape index (κ1) is 27.0. The lowest BCUT2D eigenvalue weighted by molar-refractivity contribution is 0.166. The minimum atomic E-state index is -0.738. The summed E-state index contributed by atoms with van der Waals surface area (Å²) >= 11 is 0. The Kier molecular flexibility index (Phi) is 11.6. The van der Waals surface area contributed by atoms with Gasteiger partial charge in [0.1, 0.15) is 11.5 Å².